The molecular formula is C19H27N3O3. The van der Waals surface area contributed by atoms with Crippen molar-refractivity contribution >= 4 is 11.8 Å². The van der Waals surface area contributed by atoms with Gasteiger partial charge < -0.3 is 15.0 Å². The van der Waals surface area contributed by atoms with Crippen LogP contribution in [0, 0.1) is 5.92 Å². The molecule has 1 saturated carbocycles. The number of ether oxygens (including phenoxy) is 1. The van der Waals surface area contributed by atoms with Gasteiger partial charge in [-0.2, -0.15) is 0 Å². The van der Waals surface area contributed by atoms with Crippen LogP contribution in [0.4, 0.5) is 0 Å². The van der Waals surface area contributed by atoms with Crippen LogP contribution in [0.1, 0.15) is 55.3 Å². The second-order valence-corrected chi connectivity index (χ2v) is 6.99. The van der Waals surface area contributed by atoms with Gasteiger partial charge in [-0.15, -0.1) is 0 Å². The van der Waals surface area contributed by atoms with Crippen LogP contribution < -0.4 is 10.1 Å². The molecule has 0 radical (unpaired) electrons. The number of hydrogen-bond donors (Lipinski definition) is 1. The fourth-order valence-electron chi connectivity index (χ4n) is 3.83. The SMILES string of the molecule is COc1ncccc1C(=O)N1CCCC(C(=O)NC2CCCCC2)C1. The average Bonchev–Trinajstić information content (AvgIpc) is 2.68. The fraction of sp³-hybridized carbons (Fsp3) is 0.632. The molecule has 1 unspecified atom stereocenters. The molecule has 1 aromatic rings. The summed E-state index contributed by atoms with van der Waals surface area (Å²) in [4.78, 5) is 31.3. The number of nitrogens with zero attached hydrogens (tertiary/aromatic N) is 2. The number of hydrogen-bond acceptors (Lipinski definition) is 4. The van der Waals surface area contributed by atoms with E-state index in [2.05, 4.69) is 10.3 Å². The molecule has 6 heteroatoms. The zero-order valence-corrected chi connectivity index (χ0v) is 14.9. The van der Waals surface area contributed by atoms with Crippen molar-refractivity contribution in [2.45, 2.75) is 51.0 Å². The van der Waals surface area contributed by atoms with Crippen LogP contribution in [-0.4, -0.2) is 47.9 Å². The molecule has 1 N–H and O–H groups in total. The van der Waals surface area contributed by atoms with E-state index in [0.717, 1.165) is 25.7 Å². The van der Waals surface area contributed by atoms with Gasteiger partial charge in [0, 0.05) is 25.3 Å². The molecule has 25 heavy (non-hydrogen) atoms. The number of nitrogens with one attached hydrogen (secondary N) is 1. The van der Waals surface area contributed by atoms with E-state index in [1.165, 1.54) is 26.4 Å². The van der Waals surface area contributed by atoms with Gasteiger partial charge in [0.05, 0.1) is 13.0 Å². The quantitative estimate of drug-likeness (QED) is 0.909. The molecule has 136 valence electrons. The highest BCUT2D eigenvalue weighted by atomic mass is 16.5. The number of methoxy groups -OCH3 is 1. The molecule has 1 aliphatic heterocycles. The largest absolute Gasteiger partial charge is 0.480 e. The van der Waals surface area contributed by atoms with Gasteiger partial charge in [-0.05, 0) is 37.8 Å². The Balaban J connectivity index is 1.62. The average molecular weight is 345 g/mol. The van der Waals surface area contributed by atoms with Crippen molar-refractivity contribution in [1.29, 1.82) is 0 Å². The van der Waals surface area contributed by atoms with E-state index in [1.807, 2.05) is 0 Å². The minimum Gasteiger partial charge on any atom is -0.480 e. The highest BCUT2D eigenvalue weighted by Gasteiger charge is 2.31. The smallest absolute Gasteiger partial charge is 0.259 e. The van der Waals surface area contributed by atoms with Gasteiger partial charge in [0.15, 0.2) is 0 Å². The van der Waals surface area contributed by atoms with Crippen LogP contribution in [0.3, 0.4) is 0 Å². The van der Waals surface area contributed by atoms with Crippen LogP contribution in [0.25, 0.3) is 0 Å². The Morgan fingerprint density at radius 3 is 2.76 bits per heavy atom. The summed E-state index contributed by atoms with van der Waals surface area (Å²) in [7, 11) is 1.51. The van der Waals surface area contributed by atoms with Crippen molar-refractivity contribution in [3.8, 4) is 5.88 Å². The summed E-state index contributed by atoms with van der Waals surface area (Å²) in [5.41, 5.74) is 0.457. The minimum atomic E-state index is -0.123. The van der Waals surface area contributed by atoms with Gasteiger partial charge >= 0.3 is 0 Å². The summed E-state index contributed by atoms with van der Waals surface area (Å²) in [5, 5.41) is 3.20. The number of aromatic nitrogens is 1. The highest BCUT2D eigenvalue weighted by molar-refractivity contribution is 5.96. The zero-order chi connectivity index (χ0) is 17.6. The Labute approximate surface area is 148 Å². The molecule has 2 aliphatic rings. The second kappa shape index (κ2) is 8.32. The number of rotatable bonds is 4. The third-order valence-electron chi connectivity index (χ3n) is 5.23. The number of piperidine rings is 1. The molecule has 1 saturated heterocycles. The van der Waals surface area contributed by atoms with E-state index in [4.69, 9.17) is 4.74 Å². The van der Waals surface area contributed by atoms with Crippen molar-refractivity contribution < 1.29 is 14.3 Å². The van der Waals surface area contributed by atoms with Crippen LogP contribution in [0.15, 0.2) is 18.3 Å². The van der Waals surface area contributed by atoms with Gasteiger partial charge in [0.2, 0.25) is 11.8 Å². The van der Waals surface area contributed by atoms with Gasteiger partial charge in [-0.1, -0.05) is 19.3 Å². The maximum Gasteiger partial charge on any atom is 0.259 e. The number of amides is 2. The first-order chi connectivity index (χ1) is 12.2. The van der Waals surface area contributed by atoms with Crippen molar-refractivity contribution in [3.63, 3.8) is 0 Å². The molecule has 1 aliphatic carbocycles. The molecule has 2 amide bonds. The number of carbonyl (C=O) groups is 2. The van der Waals surface area contributed by atoms with Crippen molar-refractivity contribution in [3.05, 3.63) is 23.9 Å². The van der Waals surface area contributed by atoms with E-state index in [9.17, 15) is 9.59 Å². The second-order valence-electron chi connectivity index (χ2n) is 6.99. The Morgan fingerprint density at radius 2 is 2.00 bits per heavy atom. The minimum absolute atomic E-state index is 0.0996. The lowest BCUT2D eigenvalue weighted by Gasteiger charge is -2.33. The van der Waals surface area contributed by atoms with E-state index in [0.29, 0.717) is 30.6 Å². The number of likely N-dealkylation sites (tertiary alicyclic amines) is 1. The third-order valence-corrected chi connectivity index (χ3v) is 5.23. The van der Waals surface area contributed by atoms with Gasteiger partial charge in [0.25, 0.3) is 5.91 Å². The fourth-order valence-corrected chi connectivity index (χ4v) is 3.83. The van der Waals surface area contributed by atoms with Gasteiger partial charge in [0.1, 0.15) is 5.56 Å². The molecular weight excluding hydrogens is 318 g/mol. The first kappa shape index (κ1) is 17.7. The topological polar surface area (TPSA) is 71.5 Å². The van der Waals surface area contributed by atoms with Gasteiger partial charge in [-0.3, -0.25) is 9.59 Å². The predicted molar refractivity (Wildman–Crippen MR) is 94.4 cm³/mol. The van der Waals surface area contributed by atoms with Crippen molar-refractivity contribution in [2.75, 3.05) is 20.2 Å². The standard InChI is InChI=1S/C19H27N3O3/c1-25-18-16(10-5-11-20-18)19(24)22-12-6-7-14(13-22)17(23)21-15-8-3-2-4-9-15/h5,10-11,14-15H,2-4,6-9,12-13H2,1H3,(H,21,23). The predicted octanol–water partition coefficient (Wildman–Crippen LogP) is 2.39. The Hall–Kier alpha value is -2.11. The first-order valence-electron chi connectivity index (χ1n) is 9.27. The molecule has 3 rings (SSSR count). The molecule has 1 aromatic heterocycles. The molecule has 0 bridgehead atoms. The van der Waals surface area contributed by atoms with Crippen molar-refractivity contribution in [2.24, 2.45) is 5.92 Å². The summed E-state index contributed by atoms with van der Waals surface area (Å²) >= 11 is 0. The van der Waals surface area contributed by atoms with Crippen LogP contribution in [-0.2, 0) is 4.79 Å². The molecule has 0 spiro atoms. The zero-order valence-electron chi connectivity index (χ0n) is 14.9. The van der Waals surface area contributed by atoms with E-state index in [-0.39, 0.29) is 17.7 Å². The number of pyridine rings is 1. The highest BCUT2D eigenvalue weighted by Crippen LogP contribution is 2.23. The Morgan fingerprint density at radius 1 is 1.20 bits per heavy atom. The maximum atomic E-state index is 12.8. The molecule has 6 nitrogen and oxygen atoms in total. The summed E-state index contributed by atoms with van der Waals surface area (Å²) in [6.07, 6.45) is 9.10. The van der Waals surface area contributed by atoms with Crippen LogP contribution >= 0.6 is 0 Å². The van der Waals surface area contributed by atoms with Crippen molar-refractivity contribution in [1.82, 2.24) is 15.2 Å². The third kappa shape index (κ3) is 4.30. The molecule has 0 aromatic carbocycles. The first-order valence-corrected chi connectivity index (χ1v) is 9.27. The van der Waals surface area contributed by atoms with E-state index in [1.54, 1.807) is 23.2 Å². The summed E-state index contributed by atoms with van der Waals surface area (Å²) < 4.78 is 5.19. The molecule has 2 heterocycles. The lowest BCUT2D eigenvalue weighted by atomic mass is 9.93. The summed E-state index contributed by atoms with van der Waals surface area (Å²) in [6, 6.07) is 3.76. The lowest BCUT2D eigenvalue weighted by molar-refractivity contribution is -0.127. The van der Waals surface area contributed by atoms with Crippen LogP contribution in [0.5, 0.6) is 5.88 Å². The summed E-state index contributed by atoms with van der Waals surface area (Å²) in [6.45, 7) is 1.14. The maximum absolute atomic E-state index is 12.8. The van der Waals surface area contributed by atoms with E-state index >= 15 is 0 Å². The summed E-state index contributed by atoms with van der Waals surface area (Å²) in [5.74, 6) is 0.200. The molecule has 1 atom stereocenters. The Kier molecular flexibility index (Phi) is 5.89. The number of carbonyl (C=O) groups excluding carboxylic acids is 2. The monoisotopic (exact) mass is 345 g/mol. The Bertz CT molecular complexity index is 614. The van der Waals surface area contributed by atoms with Gasteiger partial charge in [-0.25, -0.2) is 4.98 Å². The lowest BCUT2D eigenvalue weighted by Crippen LogP contribution is -2.48. The van der Waals surface area contributed by atoms with Crippen LogP contribution in [0.2, 0.25) is 0 Å². The molecule has 2 fully saturated rings. The van der Waals surface area contributed by atoms with E-state index < -0.39 is 0 Å². The normalized spacial score (nSPS) is 21.6.